The molecule has 0 unspecified atom stereocenters. The number of halogens is 1. The summed E-state index contributed by atoms with van der Waals surface area (Å²) in [6.45, 7) is 8.68. The molecule has 0 radical (unpaired) electrons. The molecule has 29 heavy (non-hydrogen) atoms. The van der Waals surface area contributed by atoms with Crippen molar-refractivity contribution in [3.8, 4) is 0 Å². The molecule has 0 aliphatic heterocycles. The van der Waals surface area contributed by atoms with Gasteiger partial charge in [0.2, 0.25) is 0 Å². The Morgan fingerprint density at radius 2 is 1.86 bits per heavy atom. The second-order valence-electron chi connectivity index (χ2n) is 7.94. The molecule has 0 aliphatic carbocycles. The van der Waals surface area contributed by atoms with E-state index in [1.54, 1.807) is 24.3 Å². The van der Waals surface area contributed by atoms with E-state index in [-0.39, 0.29) is 5.91 Å². The lowest BCUT2D eigenvalue weighted by Crippen LogP contribution is -2.33. The second kappa shape index (κ2) is 9.93. The Bertz CT molecular complexity index is 946. The zero-order valence-corrected chi connectivity index (χ0v) is 18.3. The number of hydrogen-bond acceptors (Lipinski definition) is 2. The van der Waals surface area contributed by atoms with E-state index in [1.807, 2.05) is 23.1 Å². The summed E-state index contributed by atoms with van der Waals surface area (Å²) in [5.41, 5.74) is 2.79. The Morgan fingerprint density at radius 1 is 1.14 bits per heavy atom. The van der Waals surface area contributed by atoms with Gasteiger partial charge in [-0.2, -0.15) is 0 Å². The number of aromatic nitrogens is 2. The maximum absolute atomic E-state index is 13.3. The molecule has 0 atom stereocenters. The molecular formula is C24H30ClN3O. The fourth-order valence-corrected chi connectivity index (χ4v) is 3.55. The zero-order valence-electron chi connectivity index (χ0n) is 17.6. The number of fused-ring (bicyclic) bond motifs is 1. The highest BCUT2D eigenvalue weighted by molar-refractivity contribution is 6.30. The van der Waals surface area contributed by atoms with Crippen LogP contribution in [0.15, 0.2) is 48.5 Å². The molecule has 3 rings (SSSR count). The van der Waals surface area contributed by atoms with Crippen LogP contribution in [0.5, 0.6) is 0 Å². The minimum atomic E-state index is 0.0245. The van der Waals surface area contributed by atoms with E-state index in [2.05, 4.69) is 31.4 Å². The lowest BCUT2D eigenvalue weighted by molar-refractivity contribution is 0.0729. The molecule has 5 heteroatoms. The molecule has 0 bridgehead atoms. The van der Waals surface area contributed by atoms with Crippen LogP contribution in [0.3, 0.4) is 0 Å². The van der Waals surface area contributed by atoms with Gasteiger partial charge in [0.15, 0.2) is 0 Å². The first kappa shape index (κ1) is 21.4. The van der Waals surface area contributed by atoms with Crippen molar-refractivity contribution < 1.29 is 4.79 Å². The third-order valence-corrected chi connectivity index (χ3v) is 5.41. The number of para-hydroxylation sites is 2. The Morgan fingerprint density at radius 3 is 2.55 bits per heavy atom. The fourth-order valence-electron chi connectivity index (χ4n) is 3.42. The summed E-state index contributed by atoms with van der Waals surface area (Å²) >= 11 is 6.00. The SMILES string of the molecule is CCCCn1c(CN(CCC(C)C)C(=O)c2ccc(Cl)cc2)nc2ccccc21. The second-order valence-corrected chi connectivity index (χ2v) is 8.37. The topological polar surface area (TPSA) is 38.1 Å². The predicted molar refractivity (Wildman–Crippen MR) is 120 cm³/mol. The van der Waals surface area contributed by atoms with Crippen LogP contribution in [0.1, 0.15) is 56.2 Å². The number of benzene rings is 2. The summed E-state index contributed by atoms with van der Waals surface area (Å²) in [6, 6.07) is 15.4. The highest BCUT2D eigenvalue weighted by Crippen LogP contribution is 2.20. The van der Waals surface area contributed by atoms with Crippen molar-refractivity contribution in [2.45, 2.75) is 53.1 Å². The maximum Gasteiger partial charge on any atom is 0.254 e. The van der Waals surface area contributed by atoms with Gasteiger partial charge in [-0.15, -0.1) is 0 Å². The van der Waals surface area contributed by atoms with Gasteiger partial charge in [0, 0.05) is 23.7 Å². The Hall–Kier alpha value is -2.33. The fraction of sp³-hybridized carbons (Fsp3) is 0.417. The standard InChI is InChI=1S/C24H30ClN3O/c1-4-5-15-28-22-9-7-6-8-21(22)26-23(28)17-27(16-14-18(2)3)24(29)19-10-12-20(25)13-11-19/h6-13,18H,4-5,14-17H2,1-3H3. The van der Waals surface area contributed by atoms with Crippen LogP contribution < -0.4 is 0 Å². The number of nitrogens with zero attached hydrogens (tertiary/aromatic N) is 3. The monoisotopic (exact) mass is 411 g/mol. The number of imidazole rings is 1. The van der Waals surface area contributed by atoms with E-state index in [0.29, 0.717) is 29.6 Å². The first-order valence-electron chi connectivity index (χ1n) is 10.5. The van der Waals surface area contributed by atoms with E-state index in [4.69, 9.17) is 16.6 Å². The lowest BCUT2D eigenvalue weighted by Gasteiger charge is -2.24. The van der Waals surface area contributed by atoms with Crippen molar-refractivity contribution >= 4 is 28.5 Å². The Kier molecular flexibility index (Phi) is 7.32. The van der Waals surface area contributed by atoms with Crippen molar-refractivity contribution in [3.63, 3.8) is 0 Å². The molecule has 1 heterocycles. The molecule has 154 valence electrons. The molecule has 0 spiro atoms. The highest BCUT2D eigenvalue weighted by Gasteiger charge is 2.20. The summed E-state index contributed by atoms with van der Waals surface area (Å²) in [6.07, 6.45) is 3.16. The van der Waals surface area contributed by atoms with Gasteiger partial charge in [-0.05, 0) is 55.2 Å². The average molecular weight is 412 g/mol. The van der Waals surface area contributed by atoms with Crippen LogP contribution in [0.25, 0.3) is 11.0 Å². The van der Waals surface area contributed by atoms with Gasteiger partial charge in [-0.25, -0.2) is 4.98 Å². The average Bonchev–Trinajstić information content (AvgIpc) is 3.06. The molecule has 0 fully saturated rings. The maximum atomic E-state index is 13.3. The summed E-state index contributed by atoms with van der Waals surface area (Å²) < 4.78 is 2.27. The smallest absolute Gasteiger partial charge is 0.254 e. The number of rotatable bonds is 9. The molecule has 3 aromatic rings. The van der Waals surface area contributed by atoms with Crippen molar-refractivity contribution in [2.24, 2.45) is 5.92 Å². The third-order valence-electron chi connectivity index (χ3n) is 5.16. The molecule has 0 N–H and O–H groups in total. The van der Waals surface area contributed by atoms with Gasteiger partial charge in [-0.1, -0.05) is 50.9 Å². The molecule has 4 nitrogen and oxygen atoms in total. The summed E-state index contributed by atoms with van der Waals surface area (Å²) in [5.74, 6) is 1.50. The van der Waals surface area contributed by atoms with Crippen LogP contribution in [0.4, 0.5) is 0 Å². The molecule has 0 saturated heterocycles. The molecule has 0 saturated carbocycles. The van der Waals surface area contributed by atoms with Crippen molar-refractivity contribution in [1.29, 1.82) is 0 Å². The van der Waals surface area contributed by atoms with E-state index < -0.39 is 0 Å². The van der Waals surface area contributed by atoms with Crippen molar-refractivity contribution in [1.82, 2.24) is 14.5 Å². The predicted octanol–water partition coefficient (Wildman–Crippen LogP) is 6.18. The van der Waals surface area contributed by atoms with E-state index in [1.165, 1.54) is 0 Å². The van der Waals surface area contributed by atoms with Gasteiger partial charge in [0.25, 0.3) is 5.91 Å². The zero-order chi connectivity index (χ0) is 20.8. The van der Waals surface area contributed by atoms with Crippen LogP contribution in [0.2, 0.25) is 5.02 Å². The van der Waals surface area contributed by atoms with Crippen molar-refractivity contribution in [3.05, 3.63) is 64.9 Å². The third kappa shape index (κ3) is 5.39. The molecule has 0 aliphatic rings. The van der Waals surface area contributed by atoms with Crippen LogP contribution in [-0.4, -0.2) is 26.9 Å². The number of carbonyl (C=O) groups is 1. The van der Waals surface area contributed by atoms with Gasteiger partial charge in [0.05, 0.1) is 17.6 Å². The van der Waals surface area contributed by atoms with Gasteiger partial charge in [-0.3, -0.25) is 4.79 Å². The quantitative estimate of drug-likeness (QED) is 0.421. The molecule has 1 amide bonds. The minimum Gasteiger partial charge on any atom is -0.331 e. The highest BCUT2D eigenvalue weighted by atomic mass is 35.5. The van der Waals surface area contributed by atoms with Gasteiger partial charge < -0.3 is 9.47 Å². The molecular weight excluding hydrogens is 382 g/mol. The Labute approximate surface area is 178 Å². The normalized spacial score (nSPS) is 11.3. The minimum absolute atomic E-state index is 0.0245. The number of hydrogen-bond donors (Lipinski definition) is 0. The Balaban J connectivity index is 1.92. The van der Waals surface area contributed by atoms with Crippen LogP contribution in [0, 0.1) is 5.92 Å². The molecule has 2 aromatic carbocycles. The first-order chi connectivity index (χ1) is 14.0. The number of aryl methyl sites for hydroxylation is 1. The largest absolute Gasteiger partial charge is 0.331 e. The summed E-state index contributed by atoms with van der Waals surface area (Å²) in [7, 11) is 0. The number of amides is 1. The summed E-state index contributed by atoms with van der Waals surface area (Å²) in [4.78, 5) is 20.1. The van der Waals surface area contributed by atoms with Gasteiger partial charge in [0.1, 0.15) is 5.82 Å². The number of carbonyl (C=O) groups excluding carboxylic acids is 1. The number of unbranched alkanes of at least 4 members (excludes halogenated alkanes) is 1. The van der Waals surface area contributed by atoms with E-state index in [9.17, 15) is 4.79 Å². The van der Waals surface area contributed by atoms with E-state index in [0.717, 1.165) is 42.7 Å². The van der Waals surface area contributed by atoms with E-state index >= 15 is 0 Å². The van der Waals surface area contributed by atoms with Crippen LogP contribution >= 0.6 is 11.6 Å². The van der Waals surface area contributed by atoms with Crippen LogP contribution in [-0.2, 0) is 13.1 Å². The van der Waals surface area contributed by atoms with Crippen molar-refractivity contribution in [2.75, 3.05) is 6.54 Å². The lowest BCUT2D eigenvalue weighted by atomic mass is 10.1. The summed E-state index contributed by atoms with van der Waals surface area (Å²) in [5, 5.41) is 0.636. The first-order valence-corrected chi connectivity index (χ1v) is 10.9. The molecule has 1 aromatic heterocycles. The van der Waals surface area contributed by atoms with Gasteiger partial charge >= 0.3 is 0 Å².